The van der Waals surface area contributed by atoms with E-state index in [9.17, 15) is 23.1 Å². The van der Waals surface area contributed by atoms with Crippen molar-refractivity contribution in [2.45, 2.75) is 45.5 Å². The van der Waals surface area contributed by atoms with Gasteiger partial charge in [0.25, 0.3) is 0 Å². The van der Waals surface area contributed by atoms with E-state index >= 15 is 0 Å². The monoisotopic (exact) mass is 406 g/mol. The lowest BCUT2D eigenvalue weighted by Crippen LogP contribution is -2.10. The van der Waals surface area contributed by atoms with Crippen LogP contribution < -0.4 is 5.43 Å². The van der Waals surface area contributed by atoms with Crippen molar-refractivity contribution in [2.75, 3.05) is 0 Å². The van der Waals surface area contributed by atoms with Gasteiger partial charge in [0.2, 0.25) is 5.43 Å². The van der Waals surface area contributed by atoms with Gasteiger partial charge in [-0.2, -0.15) is 13.2 Å². The first kappa shape index (κ1) is 20.6. The number of hydrogen-bond acceptors (Lipinski definition) is 4. The summed E-state index contributed by atoms with van der Waals surface area (Å²) in [6, 6.07) is 6.64. The molecule has 0 radical (unpaired) electrons. The van der Waals surface area contributed by atoms with Crippen LogP contribution in [0.15, 0.2) is 47.5 Å². The summed E-state index contributed by atoms with van der Waals surface area (Å²) in [5, 5.41) is 17.5. The Morgan fingerprint density at radius 3 is 2.55 bits per heavy atom. The van der Waals surface area contributed by atoms with Crippen LogP contribution in [0.2, 0.25) is 0 Å². The average Bonchev–Trinajstić information content (AvgIpc) is 3.16. The second-order valence-electron chi connectivity index (χ2n) is 6.78. The molecule has 1 aromatic carbocycles. The van der Waals surface area contributed by atoms with Crippen LogP contribution in [0.5, 0.6) is 5.75 Å². The molecule has 0 saturated heterocycles. The first-order chi connectivity index (χ1) is 13.8. The molecule has 0 bridgehead atoms. The van der Waals surface area contributed by atoms with Crippen molar-refractivity contribution >= 4 is 0 Å². The molecule has 0 fully saturated rings. The van der Waals surface area contributed by atoms with Crippen LogP contribution in [-0.2, 0) is 19.3 Å². The van der Waals surface area contributed by atoms with Gasteiger partial charge in [0.05, 0.1) is 17.5 Å². The van der Waals surface area contributed by atoms with Gasteiger partial charge in [0, 0.05) is 30.9 Å². The van der Waals surface area contributed by atoms with E-state index < -0.39 is 17.2 Å². The number of hydrogen-bond donors (Lipinski definition) is 1. The number of benzene rings is 1. The average molecular weight is 406 g/mol. The van der Waals surface area contributed by atoms with Crippen molar-refractivity contribution in [3.8, 4) is 17.0 Å². The molecule has 0 spiro atoms. The van der Waals surface area contributed by atoms with Crippen molar-refractivity contribution in [3.63, 3.8) is 0 Å². The normalized spacial score (nSPS) is 11.7. The van der Waals surface area contributed by atoms with Crippen LogP contribution in [0.1, 0.15) is 30.5 Å². The SMILES string of the molecule is Cc1c(O)c(=O)ccn1CCCCCn1cc(-c2ccccc2C(F)(F)F)nn1. The Labute approximate surface area is 165 Å². The number of nitrogens with zero attached hydrogens (tertiary/aromatic N) is 4. The van der Waals surface area contributed by atoms with E-state index in [1.807, 2.05) is 4.57 Å². The quantitative estimate of drug-likeness (QED) is 0.602. The van der Waals surface area contributed by atoms with Crippen molar-refractivity contribution in [2.24, 2.45) is 0 Å². The highest BCUT2D eigenvalue weighted by molar-refractivity contribution is 5.63. The maximum atomic E-state index is 13.2. The summed E-state index contributed by atoms with van der Waals surface area (Å²) in [5.41, 5.74) is -0.390. The molecule has 3 rings (SSSR count). The number of alkyl halides is 3. The van der Waals surface area contributed by atoms with Crippen LogP contribution in [0.4, 0.5) is 13.2 Å². The zero-order chi connectivity index (χ0) is 21.0. The van der Waals surface area contributed by atoms with E-state index in [-0.39, 0.29) is 17.0 Å². The zero-order valence-corrected chi connectivity index (χ0v) is 15.9. The van der Waals surface area contributed by atoms with E-state index in [0.717, 1.165) is 25.3 Å². The van der Waals surface area contributed by atoms with Crippen LogP contribution in [0, 0.1) is 6.92 Å². The highest BCUT2D eigenvalue weighted by Crippen LogP contribution is 2.36. The van der Waals surface area contributed by atoms with Gasteiger partial charge in [-0.15, -0.1) is 5.10 Å². The highest BCUT2D eigenvalue weighted by Gasteiger charge is 2.33. The molecule has 0 amide bonds. The van der Waals surface area contributed by atoms with Gasteiger partial charge < -0.3 is 9.67 Å². The smallest absolute Gasteiger partial charge is 0.417 e. The molecule has 154 valence electrons. The van der Waals surface area contributed by atoms with Crippen LogP contribution >= 0.6 is 0 Å². The molecule has 6 nitrogen and oxygen atoms in total. The first-order valence-electron chi connectivity index (χ1n) is 9.23. The number of unbranched alkanes of at least 4 members (excludes halogenated alkanes) is 2. The standard InChI is InChI=1S/C20H21F3N4O2/c1-14-19(29)18(28)9-12-26(14)10-5-2-6-11-27-13-17(24-25-27)15-7-3-4-8-16(15)20(21,22)23/h3-4,7-9,12-13,29H,2,5-6,10-11H2,1H3. The Bertz CT molecular complexity index is 1040. The summed E-state index contributed by atoms with van der Waals surface area (Å²) >= 11 is 0. The minimum absolute atomic E-state index is 0.0137. The largest absolute Gasteiger partial charge is 0.503 e. The van der Waals surface area contributed by atoms with Gasteiger partial charge in [-0.05, 0) is 32.3 Å². The third-order valence-corrected chi connectivity index (χ3v) is 4.75. The van der Waals surface area contributed by atoms with E-state index in [2.05, 4.69) is 10.3 Å². The molecular weight excluding hydrogens is 385 g/mol. The number of halogens is 3. The summed E-state index contributed by atoms with van der Waals surface area (Å²) in [6.45, 7) is 2.88. The van der Waals surface area contributed by atoms with Gasteiger partial charge in [0.15, 0.2) is 5.75 Å². The molecule has 0 aliphatic heterocycles. The fraction of sp³-hybridized carbons (Fsp3) is 0.350. The van der Waals surface area contributed by atoms with Gasteiger partial charge in [0.1, 0.15) is 5.69 Å². The Hall–Kier alpha value is -3.10. The predicted molar refractivity (Wildman–Crippen MR) is 101 cm³/mol. The Morgan fingerprint density at radius 2 is 1.79 bits per heavy atom. The molecule has 29 heavy (non-hydrogen) atoms. The van der Waals surface area contributed by atoms with Crippen LogP contribution in [0.3, 0.4) is 0 Å². The third-order valence-electron chi connectivity index (χ3n) is 4.75. The van der Waals surface area contributed by atoms with Gasteiger partial charge in [-0.3, -0.25) is 9.48 Å². The maximum Gasteiger partial charge on any atom is 0.417 e. The molecule has 2 heterocycles. The fourth-order valence-corrected chi connectivity index (χ4v) is 3.12. The number of pyridine rings is 1. The zero-order valence-electron chi connectivity index (χ0n) is 15.9. The molecule has 0 saturated carbocycles. The van der Waals surface area contributed by atoms with Crippen molar-refractivity contribution in [3.05, 3.63) is 64.2 Å². The van der Waals surface area contributed by atoms with Gasteiger partial charge in [-0.1, -0.05) is 23.4 Å². The highest BCUT2D eigenvalue weighted by atomic mass is 19.4. The summed E-state index contributed by atoms with van der Waals surface area (Å²) < 4.78 is 42.8. The molecule has 0 unspecified atom stereocenters. The fourth-order valence-electron chi connectivity index (χ4n) is 3.12. The Kier molecular flexibility index (Phi) is 6.05. The van der Waals surface area contributed by atoms with E-state index in [1.54, 1.807) is 23.9 Å². The molecule has 1 N–H and O–H groups in total. The summed E-state index contributed by atoms with van der Waals surface area (Å²) in [6.07, 6.45) is 1.17. The molecule has 9 heteroatoms. The number of aryl methyl sites for hydroxylation is 2. The minimum Gasteiger partial charge on any atom is -0.503 e. The summed E-state index contributed by atoms with van der Waals surface area (Å²) in [7, 11) is 0. The number of aromatic nitrogens is 4. The van der Waals surface area contributed by atoms with Crippen LogP contribution in [-0.4, -0.2) is 24.7 Å². The number of rotatable bonds is 7. The lowest BCUT2D eigenvalue weighted by atomic mass is 10.0. The van der Waals surface area contributed by atoms with E-state index in [0.29, 0.717) is 18.8 Å². The van der Waals surface area contributed by atoms with Crippen molar-refractivity contribution < 1.29 is 18.3 Å². The summed E-state index contributed by atoms with van der Waals surface area (Å²) in [5.74, 6) is -0.234. The molecule has 0 aliphatic carbocycles. The maximum absolute atomic E-state index is 13.2. The van der Waals surface area contributed by atoms with Crippen LogP contribution in [0.25, 0.3) is 11.3 Å². The number of aromatic hydroxyl groups is 1. The second kappa shape index (κ2) is 8.50. The Morgan fingerprint density at radius 1 is 1.07 bits per heavy atom. The van der Waals surface area contributed by atoms with Crippen molar-refractivity contribution in [1.82, 2.24) is 19.6 Å². The van der Waals surface area contributed by atoms with E-state index in [1.165, 1.54) is 24.4 Å². The van der Waals surface area contributed by atoms with Gasteiger partial charge >= 0.3 is 6.18 Å². The van der Waals surface area contributed by atoms with E-state index in [4.69, 9.17) is 0 Å². The predicted octanol–water partition coefficient (Wildman–Crippen LogP) is 4.01. The lowest BCUT2D eigenvalue weighted by molar-refractivity contribution is -0.137. The lowest BCUT2D eigenvalue weighted by Gasteiger charge is -2.11. The first-order valence-corrected chi connectivity index (χ1v) is 9.23. The minimum atomic E-state index is -4.45. The molecule has 0 aliphatic rings. The van der Waals surface area contributed by atoms with Gasteiger partial charge in [-0.25, -0.2) is 0 Å². The molecule has 0 atom stereocenters. The second-order valence-corrected chi connectivity index (χ2v) is 6.78. The van der Waals surface area contributed by atoms with Crippen molar-refractivity contribution in [1.29, 1.82) is 0 Å². The Balaban J connectivity index is 1.55. The molecular formula is C20H21F3N4O2. The molecule has 2 aromatic heterocycles. The third kappa shape index (κ3) is 4.85. The molecule has 3 aromatic rings. The summed E-state index contributed by atoms with van der Waals surface area (Å²) in [4.78, 5) is 11.4. The topological polar surface area (TPSA) is 72.9 Å².